The number of aryl methyl sites for hydroxylation is 2. The summed E-state index contributed by atoms with van der Waals surface area (Å²) in [6.45, 7) is 5.63. The van der Waals surface area contributed by atoms with Crippen molar-refractivity contribution in [3.05, 3.63) is 27.4 Å². The number of H-pyrrole nitrogens is 1. The number of carbonyl (C=O) groups is 1. The van der Waals surface area contributed by atoms with Crippen LogP contribution in [0.2, 0.25) is 0 Å². The van der Waals surface area contributed by atoms with Crippen LogP contribution >= 0.6 is 0 Å². The zero-order valence-corrected chi connectivity index (χ0v) is 13.6. The van der Waals surface area contributed by atoms with Gasteiger partial charge in [-0.15, -0.1) is 0 Å². The zero-order chi connectivity index (χ0) is 15.9. The van der Waals surface area contributed by atoms with E-state index in [0.717, 1.165) is 11.8 Å². The Morgan fingerprint density at radius 2 is 2.14 bits per heavy atom. The molecule has 4 atom stereocenters. The Morgan fingerprint density at radius 1 is 1.36 bits per heavy atom. The van der Waals surface area contributed by atoms with Crippen molar-refractivity contribution >= 4 is 5.91 Å². The Kier molecular flexibility index (Phi) is 4.06. The largest absolute Gasteiger partial charge is 0.353 e. The number of hydrogen-bond donors (Lipinski definition) is 2. The summed E-state index contributed by atoms with van der Waals surface area (Å²) in [6, 6.07) is 0.195. The zero-order valence-electron chi connectivity index (χ0n) is 13.6. The highest BCUT2D eigenvalue weighted by atomic mass is 16.2. The molecule has 120 valence electrons. The Bertz CT molecular complexity index is 637. The number of nitrogens with zero attached hydrogens (tertiary/aromatic N) is 1. The van der Waals surface area contributed by atoms with Gasteiger partial charge in [-0.05, 0) is 57.8 Å². The van der Waals surface area contributed by atoms with Crippen LogP contribution in [0.3, 0.4) is 0 Å². The third-order valence-electron chi connectivity index (χ3n) is 5.50. The van der Waals surface area contributed by atoms with Crippen molar-refractivity contribution in [2.24, 2.45) is 17.8 Å². The molecule has 3 rings (SSSR count). The van der Waals surface area contributed by atoms with E-state index in [9.17, 15) is 9.59 Å². The van der Waals surface area contributed by atoms with Gasteiger partial charge in [0.15, 0.2) is 0 Å². The number of carbonyl (C=O) groups excluding carboxylic acids is 1. The second-order valence-corrected chi connectivity index (χ2v) is 7.09. The Morgan fingerprint density at radius 3 is 2.73 bits per heavy atom. The normalized spacial score (nSPS) is 27.9. The van der Waals surface area contributed by atoms with E-state index in [0.29, 0.717) is 23.0 Å². The second kappa shape index (κ2) is 5.86. The maximum atomic E-state index is 12.3. The molecule has 1 heterocycles. The van der Waals surface area contributed by atoms with Gasteiger partial charge in [-0.25, -0.2) is 4.98 Å². The lowest BCUT2D eigenvalue weighted by molar-refractivity contribution is -0.121. The predicted octanol–water partition coefficient (Wildman–Crippen LogP) is 1.87. The number of nitrogens with one attached hydrogen (secondary N) is 2. The lowest BCUT2D eigenvalue weighted by Gasteiger charge is -2.28. The number of aromatic amines is 1. The fourth-order valence-corrected chi connectivity index (χ4v) is 4.44. The molecule has 5 nitrogen and oxygen atoms in total. The summed E-state index contributed by atoms with van der Waals surface area (Å²) in [5.74, 6) is 2.78. The van der Waals surface area contributed by atoms with Gasteiger partial charge >= 0.3 is 0 Å². The van der Waals surface area contributed by atoms with Crippen LogP contribution in [0.15, 0.2) is 4.79 Å². The van der Waals surface area contributed by atoms with Gasteiger partial charge in [0, 0.05) is 17.3 Å². The molecule has 2 fully saturated rings. The first-order chi connectivity index (χ1) is 10.4. The summed E-state index contributed by atoms with van der Waals surface area (Å²) in [5, 5.41) is 3.10. The topological polar surface area (TPSA) is 74.8 Å². The van der Waals surface area contributed by atoms with Crippen molar-refractivity contribution in [2.75, 3.05) is 0 Å². The van der Waals surface area contributed by atoms with Gasteiger partial charge in [-0.2, -0.15) is 0 Å². The van der Waals surface area contributed by atoms with E-state index in [-0.39, 0.29) is 23.9 Å². The molecule has 0 spiro atoms. The average molecular weight is 303 g/mol. The molecule has 0 aliphatic heterocycles. The third-order valence-corrected chi connectivity index (χ3v) is 5.50. The monoisotopic (exact) mass is 303 g/mol. The fraction of sp³-hybridized carbons (Fsp3) is 0.706. The summed E-state index contributed by atoms with van der Waals surface area (Å²) in [7, 11) is 0. The summed E-state index contributed by atoms with van der Waals surface area (Å²) >= 11 is 0. The van der Waals surface area contributed by atoms with E-state index >= 15 is 0 Å². The molecule has 22 heavy (non-hydrogen) atoms. The van der Waals surface area contributed by atoms with E-state index < -0.39 is 0 Å². The summed E-state index contributed by atoms with van der Waals surface area (Å²) in [6.07, 6.45) is 5.38. The molecular weight excluding hydrogens is 278 g/mol. The minimum Gasteiger partial charge on any atom is -0.353 e. The van der Waals surface area contributed by atoms with E-state index in [1.807, 2.05) is 0 Å². The lowest BCUT2D eigenvalue weighted by Crippen LogP contribution is -2.41. The molecule has 2 aliphatic rings. The lowest BCUT2D eigenvalue weighted by atomic mass is 9.84. The first-order valence-corrected chi connectivity index (χ1v) is 8.29. The maximum absolute atomic E-state index is 12.3. The first kappa shape index (κ1) is 15.3. The molecule has 2 aliphatic carbocycles. The van der Waals surface area contributed by atoms with Crippen molar-refractivity contribution in [1.82, 2.24) is 15.3 Å². The molecule has 0 aromatic carbocycles. The molecular formula is C17H25N3O2. The van der Waals surface area contributed by atoms with Crippen LogP contribution in [0, 0.1) is 31.6 Å². The maximum Gasteiger partial charge on any atom is 0.254 e. The molecule has 2 saturated carbocycles. The average Bonchev–Trinajstić information content (AvgIpc) is 3.05. The van der Waals surface area contributed by atoms with Crippen molar-refractivity contribution in [3.63, 3.8) is 0 Å². The van der Waals surface area contributed by atoms with Gasteiger partial charge in [0.05, 0.1) is 6.42 Å². The van der Waals surface area contributed by atoms with E-state index in [2.05, 4.69) is 22.2 Å². The Labute approximate surface area is 130 Å². The van der Waals surface area contributed by atoms with Crippen LogP contribution in [0.25, 0.3) is 0 Å². The van der Waals surface area contributed by atoms with Crippen LogP contribution in [0.1, 0.15) is 49.7 Å². The standard InChI is InChI=1S/C17H25N3O2/c1-9(14-7-12-4-5-13(14)6-12)19-16(21)8-15-10(2)18-11(3)20-17(15)22/h9,12-14H,4-8H2,1-3H3,(H,19,21)(H,18,20,22)/t9-,12+,13+,14-/m1/s1. The molecule has 5 heteroatoms. The van der Waals surface area contributed by atoms with Gasteiger partial charge in [0.1, 0.15) is 5.82 Å². The fourth-order valence-electron chi connectivity index (χ4n) is 4.44. The van der Waals surface area contributed by atoms with Gasteiger partial charge in [0.2, 0.25) is 5.91 Å². The third kappa shape index (κ3) is 2.94. The highest BCUT2D eigenvalue weighted by Gasteiger charge is 2.42. The molecule has 0 saturated heterocycles. The van der Waals surface area contributed by atoms with Gasteiger partial charge in [-0.1, -0.05) is 6.42 Å². The Hall–Kier alpha value is -1.65. The van der Waals surface area contributed by atoms with Gasteiger partial charge in [0.25, 0.3) is 5.56 Å². The molecule has 1 aromatic heterocycles. The van der Waals surface area contributed by atoms with Gasteiger partial charge < -0.3 is 10.3 Å². The minimum atomic E-state index is -0.201. The van der Waals surface area contributed by atoms with Crippen molar-refractivity contribution < 1.29 is 4.79 Å². The van der Waals surface area contributed by atoms with Crippen LogP contribution in [0.5, 0.6) is 0 Å². The molecule has 0 radical (unpaired) electrons. The number of amides is 1. The quantitative estimate of drug-likeness (QED) is 0.891. The highest BCUT2D eigenvalue weighted by Crippen LogP contribution is 2.49. The van der Waals surface area contributed by atoms with Crippen LogP contribution in [0.4, 0.5) is 0 Å². The molecule has 2 N–H and O–H groups in total. The number of fused-ring (bicyclic) bond motifs is 2. The molecule has 0 unspecified atom stereocenters. The smallest absolute Gasteiger partial charge is 0.254 e. The molecule has 1 aromatic rings. The van der Waals surface area contributed by atoms with Crippen LogP contribution in [-0.4, -0.2) is 21.9 Å². The van der Waals surface area contributed by atoms with Gasteiger partial charge in [-0.3, -0.25) is 9.59 Å². The van der Waals surface area contributed by atoms with E-state index in [1.165, 1.54) is 25.7 Å². The second-order valence-electron chi connectivity index (χ2n) is 7.09. The van der Waals surface area contributed by atoms with E-state index in [1.54, 1.807) is 13.8 Å². The SMILES string of the molecule is Cc1nc(C)c(CC(=O)N[C@H](C)[C@H]2C[C@H]3CC[C@H]2C3)c(=O)[nH]1. The van der Waals surface area contributed by atoms with E-state index in [4.69, 9.17) is 0 Å². The highest BCUT2D eigenvalue weighted by molar-refractivity contribution is 5.79. The predicted molar refractivity (Wildman–Crippen MR) is 84.6 cm³/mol. The summed E-state index contributed by atoms with van der Waals surface area (Å²) in [4.78, 5) is 31.2. The van der Waals surface area contributed by atoms with Crippen molar-refractivity contribution in [1.29, 1.82) is 0 Å². The van der Waals surface area contributed by atoms with Crippen molar-refractivity contribution in [2.45, 2.75) is 58.9 Å². The summed E-state index contributed by atoms with van der Waals surface area (Å²) < 4.78 is 0. The number of aromatic nitrogens is 2. The molecule has 2 bridgehead atoms. The minimum absolute atomic E-state index is 0.0745. The van der Waals surface area contributed by atoms with Crippen LogP contribution < -0.4 is 10.9 Å². The first-order valence-electron chi connectivity index (χ1n) is 8.29. The molecule has 1 amide bonds. The van der Waals surface area contributed by atoms with Crippen molar-refractivity contribution in [3.8, 4) is 0 Å². The summed E-state index contributed by atoms with van der Waals surface area (Å²) in [5.41, 5.74) is 0.917. The van der Waals surface area contributed by atoms with Crippen LogP contribution in [-0.2, 0) is 11.2 Å². The Balaban J connectivity index is 1.62. The number of rotatable bonds is 4. The number of hydrogen-bond acceptors (Lipinski definition) is 3.